The van der Waals surface area contributed by atoms with Gasteiger partial charge in [-0.05, 0) is 53.1 Å². The second kappa shape index (κ2) is 7.56. The van der Waals surface area contributed by atoms with Crippen LogP contribution in [0.15, 0.2) is 82.0 Å². The summed E-state index contributed by atoms with van der Waals surface area (Å²) < 4.78 is 29.3. The summed E-state index contributed by atoms with van der Waals surface area (Å²) >= 11 is 0. The molecule has 3 aromatic carbocycles. The molecule has 0 fully saturated rings. The summed E-state index contributed by atoms with van der Waals surface area (Å²) in [6, 6.07) is 20.4. The minimum atomic E-state index is -0.436. The van der Waals surface area contributed by atoms with Crippen LogP contribution in [0.1, 0.15) is 5.56 Å². The molecule has 1 heterocycles. The lowest BCUT2D eigenvalue weighted by Crippen LogP contribution is -1.99. The van der Waals surface area contributed by atoms with E-state index in [2.05, 4.69) is 0 Å². The maximum atomic E-state index is 13.0. The number of rotatable bonds is 5. The Hall–Kier alpha value is -3.60. The normalized spacial score (nSPS) is 10.8. The first kappa shape index (κ1) is 17.8. The fourth-order valence-electron chi connectivity index (χ4n) is 2.99. The monoisotopic (exact) mass is 376 g/mol. The van der Waals surface area contributed by atoms with Gasteiger partial charge in [0.1, 0.15) is 29.5 Å². The highest BCUT2D eigenvalue weighted by Gasteiger charge is 2.10. The van der Waals surface area contributed by atoms with E-state index in [9.17, 15) is 9.18 Å². The third-order valence-electron chi connectivity index (χ3n) is 4.44. The Kier molecular flexibility index (Phi) is 4.81. The summed E-state index contributed by atoms with van der Waals surface area (Å²) in [6.07, 6.45) is 0. The van der Waals surface area contributed by atoms with Gasteiger partial charge in [0.25, 0.3) is 0 Å². The van der Waals surface area contributed by atoms with Gasteiger partial charge in [-0.3, -0.25) is 0 Å². The molecule has 5 heteroatoms. The molecular formula is C23H17FO4. The molecule has 1 aromatic heterocycles. The van der Waals surface area contributed by atoms with Gasteiger partial charge in [0.15, 0.2) is 0 Å². The molecule has 4 nitrogen and oxygen atoms in total. The number of fused-ring (bicyclic) bond motifs is 1. The number of methoxy groups -OCH3 is 1. The van der Waals surface area contributed by atoms with Crippen LogP contribution in [-0.2, 0) is 6.61 Å². The minimum absolute atomic E-state index is 0.286. The summed E-state index contributed by atoms with van der Waals surface area (Å²) in [5.74, 6) is 1.02. The molecule has 140 valence electrons. The standard InChI is InChI=1S/C23H17FO4/c1-26-18-8-4-16(5-9-18)21-13-23(25)28-22-12-19(10-11-20(21)22)27-14-15-2-6-17(24)7-3-15/h2-13H,14H2,1H3. The Bertz CT molecular complexity index is 1160. The average Bonchev–Trinajstić information content (AvgIpc) is 2.72. The van der Waals surface area contributed by atoms with E-state index < -0.39 is 5.63 Å². The van der Waals surface area contributed by atoms with Gasteiger partial charge in [0.2, 0.25) is 0 Å². The van der Waals surface area contributed by atoms with Crippen molar-refractivity contribution in [1.29, 1.82) is 0 Å². The smallest absolute Gasteiger partial charge is 0.336 e. The molecule has 0 N–H and O–H groups in total. The summed E-state index contributed by atoms with van der Waals surface area (Å²) in [4.78, 5) is 12.1. The van der Waals surface area contributed by atoms with Crippen molar-refractivity contribution in [3.63, 3.8) is 0 Å². The van der Waals surface area contributed by atoms with Crippen molar-refractivity contribution in [1.82, 2.24) is 0 Å². The summed E-state index contributed by atoms with van der Waals surface area (Å²) in [5, 5.41) is 0.805. The van der Waals surface area contributed by atoms with Gasteiger partial charge in [-0.25, -0.2) is 9.18 Å². The largest absolute Gasteiger partial charge is 0.497 e. The van der Waals surface area contributed by atoms with Crippen molar-refractivity contribution in [2.75, 3.05) is 7.11 Å². The molecule has 0 amide bonds. The summed E-state index contributed by atoms with van der Waals surface area (Å²) in [7, 11) is 1.61. The van der Waals surface area contributed by atoms with Gasteiger partial charge in [-0.2, -0.15) is 0 Å². The maximum absolute atomic E-state index is 13.0. The molecule has 0 radical (unpaired) electrons. The van der Waals surface area contributed by atoms with Crippen LogP contribution in [0.2, 0.25) is 0 Å². The molecule has 0 atom stereocenters. The number of hydrogen-bond donors (Lipinski definition) is 0. The second-order valence-electron chi connectivity index (χ2n) is 6.28. The molecule has 0 saturated carbocycles. The zero-order valence-electron chi connectivity index (χ0n) is 15.1. The Morgan fingerprint density at radius 3 is 2.32 bits per heavy atom. The molecule has 0 bridgehead atoms. The molecule has 28 heavy (non-hydrogen) atoms. The molecule has 0 saturated heterocycles. The van der Waals surface area contributed by atoms with E-state index in [4.69, 9.17) is 13.9 Å². The fraction of sp³-hybridized carbons (Fsp3) is 0.0870. The molecule has 0 aliphatic rings. The van der Waals surface area contributed by atoms with Crippen molar-refractivity contribution in [2.24, 2.45) is 0 Å². The van der Waals surface area contributed by atoms with Gasteiger partial charge in [-0.15, -0.1) is 0 Å². The van der Waals surface area contributed by atoms with Gasteiger partial charge >= 0.3 is 5.63 Å². The first-order valence-electron chi connectivity index (χ1n) is 8.72. The van der Waals surface area contributed by atoms with Gasteiger partial charge in [0.05, 0.1) is 7.11 Å². The number of ether oxygens (including phenoxy) is 2. The lowest BCUT2D eigenvalue weighted by molar-refractivity contribution is 0.306. The Morgan fingerprint density at radius 1 is 0.893 bits per heavy atom. The van der Waals surface area contributed by atoms with Crippen LogP contribution in [0.25, 0.3) is 22.1 Å². The van der Waals surface area contributed by atoms with E-state index in [1.165, 1.54) is 18.2 Å². The number of benzene rings is 3. The van der Waals surface area contributed by atoms with Crippen molar-refractivity contribution >= 4 is 11.0 Å². The highest BCUT2D eigenvalue weighted by molar-refractivity contribution is 5.93. The Morgan fingerprint density at radius 2 is 1.61 bits per heavy atom. The van der Waals surface area contributed by atoms with Crippen LogP contribution < -0.4 is 15.1 Å². The van der Waals surface area contributed by atoms with Crippen molar-refractivity contribution in [2.45, 2.75) is 6.61 Å². The van der Waals surface area contributed by atoms with E-state index in [0.29, 0.717) is 11.3 Å². The SMILES string of the molecule is COc1ccc(-c2cc(=O)oc3cc(OCc4ccc(F)cc4)ccc23)cc1. The molecule has 0 aliphatic heterocycles. The third-order valence-corrected chi connectivity index (χ3v) is 4.44. The molecule has 4 rings (SSSR count). The maximum Gasteiger partial charge on any atom is 0.336 e. The van der Waals surface area contributed by atoms with Crippen LogP contribution in [-0.4, -0.2) is 7.11 Å². The predicted molar refractivity (Wildman–Crippen MR) is 105 cm³/mol. The van der Waals surface area contributed by atoms with Gasteiger partial charge in [0, 0.05) is 17.5 Å². The van der Waals surface area contributed by atoms with Crippen molar-refractivity contribution in [3.05, 3.63) is 94.6 Å². The zero-order chi connectivity index (χ0) is 19.5. The molecule has 0 spiro atoms. The quantitative estimate of drug-likeness (QED) is 0.450. The van der Waals surface area contributed by atoms with E-state index in [1.807, 2.05) is 36.4 Å². The van der Waals surface area contributed by atoms with Crippen LogP contribution in [0.3, 0.4) is 0 Å². The zero-order valence-corrected chi connectivity index (χ0v) is 15.1. The minimum Gasteiger partial charge on any atom is -0.497 e. The van der Waals surface area contributed by atoms with E-state index in [0.717, 1.165) is 27.8 Å². The van der Waals surface area contributed by atoms with E-state index in [1.54, 1.807) is 25.3 Å². The summed E-state index contributed by atoms with van der Waals surface area (Å²) in [6.45, 7) is 0.286. The van der Waals surface area contributed by atoms with Gasteiger partial charge in [-0.1, -0.05) is 24.3 Å². The molecule has 4 aromatic rings. The van der Waals surface area contributed by atoms with Gasteiger partial charge < -0.3 is 13.9 Å². The Labute approximate surface area is 160 Å². The van der Waals surface area contributed by atoms with Crippen LogP contribution in [0.4, 0.5) is 4.39 Å². The fourth-order valence-corrected chi connectivity index (χ4v) is 2.99. The highest BCUT2D eigenvalue weighted by Crippen LogP contribution is 2.30. The van der Waals surface area contributed by atoms with Crippen LogP contribution >= 0.6 is 0 Å². The summed E-state index contributed by atoms with van der Waals surface area (Å²) in [5.41, 5.74) is 2.51. The number of hydrogen-bond acceptors (Lipinski definition) is 4. The second-order valence-corrected chi connectivity index (χ2v) is 6.28. The molecule has 0 unspecified atom stereocenters. The van der Waals surface area contributed by atoms with Crippen molar-refractivity contribution < 1.29 is 18.3 Å². The predicted octanol–water partition coefficient (Wildman–Crippen LogP) is 5.19. The molecule has 0 aliphatic carbocycles. The third kappa shape index (κ3) is 3.74. The average molecular weight is 376 g/mol. The lowest BCUT2D eigenvalue weighted by atomic mass is 10.0. The molecular weight excluding hydrogens is 359 g/mol. The van der Waals surface area contributed by atoms with Crippen LogP contribution in [0, 0.1) is 5.82 Å². The lowest BCUT2D eigenvalue weighted by Gasteiger charge is -2.10. The first-order valence-corrected chi connectivity index (χ1v) is 8.72. The van der Waals surface area contributed by atoms with Crippen molar-refractivity contribution in [3.8, 4) is 22.6 Å². The highest BCUT2D eigenvalue weighted by atomic mass is 19.1. The van der Waals surface area contributed by atoms with E-state index in [-0.39, 0.29) is 12.4 Å². The Balaban J connectivity index is 1.65. The van der Waals surface area contributed by atoms with E-state index >= 15 is 0 Å². The van der Waals surface area contributed by atoms with Crippen LogP contribution in [0.5, 0.6) is 11.5 Å². The number of halogens is 1. The first-order chi connectivity index (χ1) is 13.6. The topological polar surface area (TPSA) is 48.7 Å².